The van der Waals surface area contributed by atoms with Crippen LogP contribution in [-0.2, 0) is 4.74 Å². The Morgan fingerprint density at radius 1 is 0.871 bits per heavy atom. The fourth-order valence-electron chi connectivity index (χ4n) is 3.65. The molecule has 1 saturated heterocycles. The van der Waals surface area contributed by atoms with Crippen LogP contribution < -0.4 is 5.43 Å². The Morgan fingerprint density at radius 3 is 2.19 bits per heavy atom. The van der Waals surface area contributed by atoms with E-state index in [-0.39, 0.29) is 28.0 Å². The van der Waals surface area contributed by atoms with Crippen molar-refractivity contribution in [2.75, 3.05) is 6.61 Å². The number of phenols is 3. The molecule has 1 fully saturated rings. The summed E-state index contributed by atoms with van der Waals surface area (Å²) in [6, 6.07) is 8.10. The fraction of sp³-hybridized carbons (Fsp3) is 0.286. The van der Waals surface area contributed by atoms with Crippen molar-refractivity contribution in [1.82, 2.24) is 0 Å². The molecular formula is C21H20O10. The lowest BCUT2D eigenvalue weighted by Gasteiger charge is -2.40. The highest BCUT2D eigenvalue weighted by Gasteiger charge is 2.45. The highest BCUT2D eigenvalue weighted by molar-refractivity contribution is 5.88. The van der Waals surface area contributed by atoms with E-state index in [2.05, 4.69) is 0 Å². The minimum atomic E-state index is -1.72. The summed E-state index contributed by atoms with van der Waals surface area (Å²) >= 11 is 0. The Kier molecular flexibility index (Phi) is 5.33. The molecule has 3 aromatic rings. The van der Waals surface area contributed by atoms with Crippen LogP contribution in [0.15, 0.2) is 45.6 Å². The quantitative estimate of drug-likeness (QED) is 0.280. The van der Waals surface area contributed by atoms with E-state index in [1.807, 2.05) is 0 Å². The number of aliphatic hydroxyl groups is 4. The number of aromatic hydroxyl groups is 3. The molecule has 0 bridgehead atoms. The third-order valence-electron chi connectivity index (χ3n) is 5.35. The summed E-state index contributed by atoms with van der Waals surface area (Å²) in [6.07, 6.45) is -7.72. The molecule has 0 radical (unpaired) electrons. The van der Waals surface area contributed by atoms with Gasteiger partial charge in [-0.1, -0.05) is 0 Å². The molecule has 0 aliphatic carbocycles. The summed E-state index contributed by atoms with van der Waals surface area (Å²) in [7, 11) is 0. The van der Waals surface area contributed by atoms with E-state index in [1.54, 1.807) is 0 Å². The molecule has 10 nitrogen and oxygen atoms in total. The van der Waals surface area contributed by atoms with E-state index in [1.165, 1.54) is 30.3 Å². The number of rotatable bonds is 3. The monoisotopic (exact) mass is 432 g/mol. The third-order valence-corrected chi connectivity index (χ3v) is 5.35. The lowest BCUT2D eigenvalue weighted by molar-refractivity contribution is -0.232. The van der Waals surface area contributed by atoms with Crippen LogP contribution in [0.3, 0.4) is 0 Å². The Hall–Kier alpha value is -3.15. The summed E-state index contributed by atoms with van der Waals surface area (Å²) in [5.41, 5.74) is -0.554. The highest BCUT2D eigenvalue weighted by atomic mass is 16.5. The van der Waals surface area contributed by atoms with Crippen molar-refractivity contribution in [1.29, 1.82) is 0 Å². The maximum Gasteiger partial charge on any atom is 0.197 e. The highest BCUT2D eigenvalue weighted by Crippen LogP contribution is 2.44. The number of hydrogen-bond donors (Lipinski definition) is 7. The average molecular weight is 432 g/mol. The molecule has 2 heterocycles. The predicted octanol–water partition coefficient (Wildman–Crippen LogP) is 0.0917. The Bertz CT molecular complexity index is 1170. The van der Waals surface area contributed by atoms with Crippen molar-refractivity contribution >= 4 is 11.0 Å². The van der Waals surface area contributed by atoms with Crippen LogP contribution in [0.25, 0.3) is 22.3 Å². The zero-order chi connectivity index (χ0) is 22.4. The van der Waals surface area contributed by atoms with Gasteiger partial charge in [-0.3, -0.25) is 4.79 Å². The van der Waals surface area contributed by atoms with Crippen LogP contribution in [0.5, 0.6) is 17.2 Å². The molecule has 0 spiro atoms. The number of phenolic OH excluding ortho intramolecular Hbond substituents is 3. The molecule has 5 atom stereocenters. The van der Waals surface area contributed by atoms with Crippen molar-refractivity contribution in [2.24, 2.45) is 0 Å². The summed E-state index contributed by atoms with van der Waals surface area (Å²) in [5, 5.41) is 69.7. The van der Waals surface area contributed by atoms with Gasteiger partial charge in [-0.2, -0.15) is 0 Å². The largest absolute Gasteiger partial charge is 0.508 e. The second-order valence-electron chi connectivity index (χ2n) is 7.31. The van der Waals surface area contributed by atoms with Gasteiger partial charge in [-0.25, -0.2) is 0 Å². The van der Waals surface area contributed by atoms with Gasteiger partial charge >= 0.3 is 0 Å². The van der Waals surface area contributed by atoms with Gasteiger partial charge in [0.25, 0.3) is 0 Å². The zero-order valence-corrected chi connectivity index (χ0v) is 15.9. The van der Waals surface area contributed by atoms with Gasteiger partial charge in [0.05, 0.1) is 6.61 Å². The van der Waals surface area contributed by atoms with Gasteiger partial charge in [-0.15, -0.1) is 0 Å². The third kappa shape index (κ3) is 3.50. The molecule has 31 heavy (non-hydrogen) atoms. The van der Waals surface area contributed by atoms with Gasteiger partial charge in [0, 0.05) is 17.2 Å². The summed E-state index contributed by atoms with van der Waals surface area (Å²) in [6.45, 7) is -0.679. The van der Waals surface area contributed by atoms with Crippen molar-refractivity contribution in [3.05, 3.63) is 52.2 Å². The maximum absolute atomic E-state index is 12.6. The van der Waals surface area contributed by atoms with Crippen molar-refractivity contribution in [2.45, 2.75) is 30.5 Å². The average Bonchev–Trinajstić information content (AvgIpc) is 2.75. The molecule has 7 N–H and O–H groups in total. The molecular weight excluding hydrogens is 412 g/mol. The van der Waals surface area contributed by atoms with E-state index in [0.717, 1.165) is 6.07 Å². The lowest BCUT2D eigenvalue weighted by Crippen LogP contribution is -2.55. The van der Waals surface area contributed by atoms with Gasteiger partial charge in [0.1, 0.15) is 53.0 Å². The van der Waals surface area contributed by atoms with Crippen LogP contribution in [0.1, 0.15) is 11.7 Å². The number of fused-ring (bicyclic) bond motifs is 1. The maximum atomic E-state index is 12.6. The van der Waals surface area contributed by atoms with Gasteiger partial charge in [-0.05, 0) is 30.3 Å². The van der Waals surface area contributed by atoms with E-state index in [9.17, 15) is 40.5 Å². The van der Waals surface area contributed by atoms with E-state index in [0.29, 0.717) is 5.56 Å². The van der Waals surface area contributed by atoms with Crippen LogP contribution in [-0.4, -0.2) is 66.8 Å². The number of benzene rings is 2. The Balaban J connectivity index is 1.88. The summed E-state index contributed by atoms with van der Waals surface area (Å²) in [4.78, 5) is 12.6. The number of aliphatic hydroxyl groups excluding tert-OH is 4. The number of hydrogen-bond acceptors (Lipinski definition) is 10. The van der Waals surface area contributed by atoms with Crippen LogP contribution in [0.2, 0.25) is 0 Å². The van der Waals surface area contributed by atoms with E-state index < -0.39 is 54.1 Å². The fourth-order valence-corrected chi connectivity index (χ4v) is 3.65. The molecule has 4 rings (SSSR count). The first kappa shape index (κ1) is 21.1. The van der Waals surface area contributed by atoms with E-state index in [4.69, 9.17) is 9.15 Å². The minimum Gasteiger partial charge on any atom is -0.508 e. The van der Waals surface area contributed by atoms with Gasteiger partial charge in [0.15, 0.2) is 16.9 Å². The summed E-state index contributed by atoms with van der Waals surface area (Å²) < 4.78 is 11.2. The number of ether oxygens (including phenoxy) is 1. The molecule has 2 aromatic carbocycles. The first-order valence-corrected chi connectivity index (χ1v) is 9.35. The van der Waals surface area contributed by atoms with Gasteiger partial charge < -0.3 is 44.9 Å². The molecule has 0 saturated carbocycles. The molecule has 10 heteroatoms. The molecule has 0 amide bonds. The SMILES string of the molecule is O=c1cc(-c2ccc(O)cc2)oc2cc([C@@H]3O[C@H](CO)[C@@H](O)[C@H](O)[C@H]3O)c(O)c(O)c12. The predicted molar refractivity (Wildman–Crippen MR) is 106 cm³/mol. The Morgan fingerprint density at radius 2 is 1.55 bits per heavy atom. The molecule has 164 valence electrons. The first-order valence-electron chi connectivity index (χ1n) is 9.35. The molecule has 1 aliphatic heterocycles. The lowest BCUT2D eigenvalue weighted by atomic mass is 9.90. The van der Waals surface area contributed by atoms with E-state index >= 15 is 0 Å². The topological polar surface area (TPSA) is 181 Å². The standard InChI is InChI=1S/C21H20O10/c22-7-14-17(26)19(28)20(29)21(31-14)10-5-13-15(18(27)16(10)25)11(24)6-12(30-13)8-1-3-9(23)4-2-8/h1-6,14,17,19-23,25-29H,7H2/t14-,17-,19+,20-,21+/m1/s1. The van der Waals surface area contributed by atoms with Crippen LogP contribution in [0, 0.1) is 0 Å². The smallest absolute Gasteiger partial charge is 0.197 e. The summed E-state index contributed by atoms with van der Waals surface area (Å²) in [5.74, 6) is -1.46. The van der Waals surface area contributed by atoms with Crippen LogP contribution >= 0.6 is 0 Å². The zero-order valence-electron chi connectivity index (χ0n) is 15.9. The second kappa shape index (κ2) is 7.84. The molecule has 1 aromatic heterocycles. The Labute approximate surface area is 174 Å². The van der Waals surface area contributed by atoms with Crippen molar-refractivity contribution in [3.63, 3.8) is 0 Å². The minimum absolute atomic E-state index is 0.0133. The molecule has 0 unspecified atom stereocenters. The second-order valence-corrected chi connectivity index (χ2v) is 7.31. The normalized spacial score (nSPS) is 26.3. The van der Waals surface area contributed by atoms with Crippen LogP contribution in [0.4, 0.5) is 0 Å². The van der Waals surface area contributed by atoms with Gasteiger partial charge in [0.2, 0.25) is 0 Å². The van der Waals surface area contributed by atoms with Crippen molar-refractivity contribution in [3.8, 4) is 28.6 Å². The first-order chi connectivity index (χ1) is 14.7. The molecule has 1 aliphatic rings. The van der Waals surface area contributed by atoms with Crippen molar-refractivity contribution < 1.29 is 44.9 Å².